The Hall–Kier alpha value is -0.610. The first-order valence-electron chi connectivity index (χ1n) is 8.50. The molecule has 0 saturated heterocycles. The van der Waals surface area contributed by atoms with Crippen LogP contribution < -0.4 is 11.5 Å². The zero-order valence-electron chi connectivity index (χ0n) is 14.5. The molecule has 0 fully saturated rings. The summed E-state index contributed by atoms with van der Waals surface area (Å²) in [5.74, 6) is -0.505. The van der Waals surface area contributed by atoms with Gasteiger partial charge < -0.3 is 16.2 Å². The Kier molecular flexibility index (Phi) is 9.88. The number of carbonyl (C=O) groups is 1. The molecular formula is C17H36N2O2. The van der Waals surface area contributed by atoms with Crippen molar-refractivity contribution in [1.82, 2.24) is 0 Å². The summed E-state index contributed by atoms with van der Waals surface area (Å²) in [4.78, 5) is 11.9. The molecule has 21 heavy (non-hydrogen) atoms. The molecule has 0 aliphatic carbocycles. The van der Waals surface area contributed by atoms with Crippen molar-refractivity contribution in [2.75, 3.05) is 0 Å². The second-order valence-corrected chi connectivity index (χ2v) is 7.12. The van der Waals surface area contributed by atoms with Gasteiger partial charge in [-0.2, -0.15) is 0 Å². The molecule has 0 unspecified atom stereocenters. The Bertz CT molecular complexity index is 283. The summed E-state index contributed by atoms with van der Waals surface area (Å²) in [7, 11) is 0. The Morgan fingerprint density at radius 1 is 0.857 bits per heavy atom. The number of rotatable bonds is 11. The maximum Gasteiger partial charge on any atom is 0.341 e. The van der Waals surface area contributed by atoms with E-state index in [1.54, 1.807) is 0 Å². The average Bonchev–Trinajstić information content (AvgIpc) is 2.34. The summed E-state index contributed by atoms with van der Waals surface area (Å²) in [6, 6.07) is 0. The maximum atomic E-state index is 11.9. The van der Waals surface area contributed by atoms with Crippen molar-refractivity contribution in [3.63, 3.8) is 0 Å². The maximum absolute atomic E-state index is 11.9. The first kappa shape index (κ1) is 20.4. The van der Waals surface area contributed by atoms with Gasteiger partial charge in [0.2, 0.25) is 0 Å². The third-order valence-electron chi connectivity index (χ3n) is 3.47. The highest BCUT2D eigenvalue weighted by molar-refractivity contribution is 5.79. The van der Waals surface area contributed by atoms with Crippen molar-refractivity contribution < 1.29 is 9.53 Å². The Balaban J connectivity index is 3.68. The van der Waals surface area contributed by atoms with Crippen molar-refractivity contribution in [2.45, 2.75) is 103 Å². The smallest absolute Gasteiger partial charge is 0.341 e. The Morgan fingerprint density at radius 3 is 1.71 bits per heavy atom. The molecule has 0 heterocycles. The minimum absolute atomic E-state index is 0.484. The fourth-order valence-electron chi connectivity index (χ4n) is 2.20. The summed E-state index contributed by atoms with van der Waals surface area (Å²) in [5, 5.41) is 0. The van der Waals surface area contributed by atoms with Crippen LogP contribution in [0.15, 0.2) is 0 Å². The van der Waals surface area contributed by atoms with E-state index in [4.69, 9.17) is 16.2 Å². The molecule has 0 rings (SSSR count). The summed E-state index contributed by atoms with van der Waals surface area (Å²) in [6.07, 6.45) is 11.5. The van der Waals surface area contributed by atoms with Crippen LogP contribution in [0.25, 0.3) is 0 Å². The number of unbranched alkanes of at least 4 members (excludes halogenated alkanes) is 8. The van der Waals surface area contributed by atoms with Gasteiger partial charge in [0.25, 0.3) is 0 Å². The van der Waals surface area contributed by atoms with E-state index in [1.807, 2.05) is 20.8 Å². The van der Waals surface area contributed by atoms with Crippen molar-refractivity contribution in [2.24, 2.45) is 11.5 Å². The Labute approximate surface area is 131 Å². The van der Waals surface area contributed by atoms with Crippen LogP contribution in [0.5, 0.6) is 0 Å². The van der Waals surface area contributed by atoms with E-state index in [1.165, 1.54) is 44.9 Å². The molecule has 0 aromatic heterocycles. The molecule has 0 aliphatic rings. The molecule has 126 valence electrons. The van der Waals surface area contributed by atoms with Gasteiger partial charge >= 0.3 is 5.97 Å². The molecule has 0 bridgehead atoms. The number of hydrogen-bond donors (Lipinski definition) is 2. The topological polar surface area (TPSA) is 78.3 Å². The second-order valence-electron chi connectivity index (χ2n) is 7.12. The van der Waals surface area contributed by atoms with Gasteiger partial charge in [0.05, 0.1) is 0 Å². The second kappa shape index (κ2) is 10.2. The highest BCUT2D eigenvalue weighted by atomic mass is 16.6. The predicted octanol–water partition coefficient (Wildman–Crippen LogP) is 3.86. The molecule has 0 atom stereocenters. The van der Waals surface area contributed by atoms with Gasteiger partial charge in [0, 0.05) is 0 Å². The molecule has 0 aromatic carbocycles. The average molecular weight is 300 g/mol. The lowest BCUT2D eigenvalue weighted by Gasteiger charge is -2.28. The minimum atomic E-state index is -1.35. The molecule has 4 heteroatoms. The van der Waals surface area contributed by atoms with Crippen LogP contribution in [-0.2, 0) is 9.53 Å². The highest BCUT2D eigenvalue weighted by Crippen LogP contribution is 2.16. The van der Waals surface area contributed by atoms with Gasteiger partial charge in [-0.25, -0.2) is 4.79 Å². The van der Waals surface area contributed by atoms with Crippen molar-refractivity contribution in [1.29, 1.82) is 0 Å². The lowest BCUT2D eigenvalue weighted by atomic mass is 10.0. The molecule has 0 amide bonds. The first-order valence-corrected chi connectivity index (χ1v) is 8.50. The van der Waals surface area contributed by atoms with E-state index >= 15 is 0 Å². The van der Waals surface area contributed by atoms with E-state index < -0.39 is 17.2 Å². The van der Waals surface area contributed by atoms with Crippen LogP contribution in [0.3, 0.4) is 0 Å². The summed E-state index contributed by atoms with van der Waals surface area (Å²) in [6.45, 7) is 7.69. The number of nitrogens with two attached hydrogens (primary N) is 2. The standard InChI is InChI=1S/C17H36N2O2/c1-5-6-7-8-9-10-11-12-13-14-17(18,19)15(20)21-16(2,3)4/h5-14,18-19H2,1-4H3. The van der Waals surface area contributed by atoms with Crippen LogP contribution in [0.4, 0.5) is 0 Å². The zero-order chi connectivity index (χ0) is 16.4. The van der Waals surface area contributed by atoms with Gasteiger partial charge in [-0.05, 0) is 33.6 Å². The molecule has 0 radical (unpaired) electrons. The van der Waals surface area contributed by atoms with Gasteiger partial charge in [-0.3, -0.25) is 0 Å². The molecule has 4 N–H and O–H groups in total. The van der Waals surface area contributed by atoms with Crippen molar-refractivity contribution >= 4 is 5.97 Å². The fraction of sp³-hybridized carbons (Fsp3) is 0.941. The lowest BCUT2D eigenvalue weighted by molar-refractivity contribution is -0.161. The number of hydrogen-bond acceptors (Lipinski definition) is 4. The van der Waals surface area contributed by atoms with Gasteiger partial charge in [-0.15, -0.1) is 0 Å². The van der Waals surface area contributed by atoms with Crippen molar-refractivity contribution in [3.8, 4) is 0 Å². The molecule has 0 saturated carbocycles. The zero-order valence-corrected chi connectivity index (χ0v) is 14.5. The number of esters is 1. The molecule has 4 nitrogen and oxygen atoms in total. The van der Waals surface area contributed by atoms with E-state index in [9.17, 15) is 4.79 Å². The predicted molar refractivity (Wildman–Crippen MR) is 88.8 cm³/mol. The van der Waals surface area contributed by atoms with Crippen LogP contribution >= 0.6 is 0 Å². The van der Waals surface area contributed by atoms with E-state index in [-0.39, 0.29) is 0 Å². The quantitative estimate of drug-likeness (QED) is 0.345. The first-order chi connectivity index (χ1) is 9.69. The van der Waals surface area contributed by atoms with E-state index in [0.29, 0.717) is 6.42 Å². The molecular weight excluding hydrogens is 264 g/mol. The van der Waals surface area contributed by atoms with Crippen LogP contribution in [0, 0.1) is 0 Å². The molecule has 0 aromatic rings. The van der Waals surface area contributed by atoms with E-state index in [2.05, 4.69) is 6.92 Å². The molecule has 0 spiro atoms. The highest BCUT2D eigenvalue weighted by Gasteiger charge is 2.33. The van der Waals surface area contributed by atoms with Crippen LogP contribution in [0.2, 0.25) is 0 Å². The Morgan fingerprint density at radius 2 is 1.29 bits per heavy atom. The largest absolute Gasteiger partial charge is 0.458 e. The monoisotopic (exact) mass is 300 g/mol. The van der Waals surface area contributed by atoms with Gasteiger partial charge in [-0.1, -0.05) is 58.3 Å². The summed E-state index contributed by atoms with van der Waals surface area (Å²) >= 11 is 0. The number of carbonyl (C=O) groups excluding carboxylic acids is 1. The lowest BCUT2D eigenvalue weighted by Crippen LogP contribution is -2.58. The van der Waals surface area contributed by atoms with Crippen LogP contribution in [0.1, 0.15) is 91.9 Å². The van der Waals surface area contributed by atoms with Crippen LogP contribution in [-0.4, -0.2) is 17.2 Å². The molecule has 0 aliphatic heterocycles. The third-order valence-corrected chi connectivity index (χ3v) is 3.47. The number of ether oxygens (including phenoxy) is 1. The minimum Gasteiger partial charge on any atom is -0.458 e. The SMILES string of the molecule is CCCCCCCCCCCC(N)(N)C(=O)OC(C)(C)C. The third kappa shape index (κ3) is 11.7. The fourth-order valence-corrected chi connectivity index (χ4v) is 2.20. The van der Waals surface area contributed by atoms with Gasteiger partial charge in [0.15, 0.2) is 5.66 Å². The van der Waals surface area contributed by atoms with E-state index in [0.717, 1.165) is 12.8 Å². The van der Waals surface area contributed by atoms with Gasteiger partial charge in [0.1, 0.15) is 5.60 Å². The van der Waals surface area contributed by atoms with Crippen molar-refractivity contribution in [3.05, 3.63) is 0 Å². The summed E-state index contributed by atoms with van der Waals surface area (Å²) < 4.78 is 5.25. The summed E-state index contributed by atoms with van der Waals surface area (Å²) in [5.41, 5.74) is 9.84. The normalized spacial score (nSPS) is 12.5.